The van der Waals surface area contributed by atoms with Gasteiger partial charge in [0, 0.05) is 17.6 Å². The van der Waals surface area contributed by atoms with E-state index in [9.17, 15) is 0 Å². The first-order valence-electron chi connectivity index (χ1n) is 5.58. The highest BCUT2D eigenvalue weighted by molar-refractivity contribution is 6.30. The van der Waals surface area contributed by atoms with Gasteiger partial charge in [0.15, 0.2) is 0 Å². The summed E-state index contributed by atoms with van der Waals surface area (Å²) in [7, 11) is 0. The van der Waals surface area contributed by atoms with E-state index in [1.54, 1.807) is 6.07 Å². The third-order valence-electron chi connectivity index (χ3n) is 3.17. The maximum Gasteiger partial charge on any atom is 0.101 e. The number of hydrogen-bond acceptors (Lipinski definition) is 2. The summed E-state index contributed by atoms with van der Waals surface area (Å²) in [6.07, 6.45) is 1.19. The molecule has 1 aliphatic rings. The van der Waals surface area contributed by atoms with Crippen molar-refractivity contribution < 1.29 is 0 Å². The van der Waals surface area contributed by atoms with E-state index < -0.39 is 0 Å². The van der Waals surface area contributed by atoms with Crippen molar-refractivity contribution in [1.29, 1.82) is 5.26 Å². The lowest BCUT2D eigenvalue weighted by molar-refractivity contribution is 0.625. The van der Waals surface area contributed by atoms with Crippen LogP contribution in [0.25, 0.3) is 0 Å². The SMILES string of the molecule is CC1CC(C)N(c2ccc(Cl)cc2C#N)C1. The van der Waals surface area contributed by atoms with E-state index in [1.807, 2.05) is 12.1 Å². The number of benzene rings is 1. The molecule has 1 aromatic carbocycles. The van der Waals surface area contributed by atoms with Crippen LogP contribution < -0.4 is 4.90 Å². The third-order valence-corrected chi connectivity index (χ3v) is 3.41. The summed E-state index contributed by atoms with van der Waals surface area (Å²) in [5, 5.41) is 9.75. The van der Waals surface area contributed by atoms with Gasteiger partial charge in [-0.15, -0.1) is 0 Å². The predicted octanol–water partition coefficient (Wildman–Crippen LogP) is 3.45. The number of halogens is 1. The van der Waals surface area contributed by atoms with Crippen molar-refractivity contribution in [3.05, 3.63) is 28.8 Å². The Kier molecular flexibility index (Phi) is 3.07. The van der Waals surface area contributed by atoms with Gasteiger partial charge in [0.25, 0.3) is 0 Å². The van der Waals surface area contributed by atoms with Crippen LogP contribution in [0, 0.1) is 17.2 Å². The molecule has 0 radical (unpaired) electrons. The molecule has 84 valence electrons. The Hall–Kier alpha value is -1.20. The average molecular weight is 235 g/mol. The Morgan fingerprint density at radius 1 is 1.44 bits per heavy atom. The lowest BCUT2D eigenvalue weighted by Gasteiger charge is -2.24. The molecule has 16 heavy (non-hydrogen) atoms. The highest BCUT2D eigenvalue weighted by atomic mass is 35.5. The van der Waals surface area contributed by atoms with Gasteiger partial charge in [0.1, 0.15) is 6.07 Å². The first-order chi connectivity index (χ1) is 7.61. The van der Waals surface area contributed by atoms with Crippen LogP contribution in [0.3, 0.4) is 0 Å². The Bertz CT molecular complexity index is 436. The fourth-order valence-electron chi connectivity index (χ4n) is 2.48. The quantitative estimate of drug-likeness (QED) is 0.744. The second kappa shape index (κ2) is 4.35. The van der Waals surface area contributed by atoms with E-state index in [2.05, 4.69) is 24.8 Å². The summed E-state index contributed by atoms with van der Waals surface area (Å²) >= 11 is 5.90. The van der Waals surface area contributed by atoms with Gasteiger partial charge in [0.2, 0.25) is 0 Å². The summed E-state index contributed by atoms with van der Waals surface area (Å²) < 4.78 is 0. The number of hydrogen-bond donors (Lipinski definition) is 0. The van der Waals surface area contributed by atoms with E-state index in [1.165, 1.54) is 6.42 Å². The summed E-state index contributed by atoms with van der Waals surface area (Å²) in [4.78, 5) is 2.31. The maximum absolute atomic E-state index is 9.12. The Labute approximate surface area is 101 Å². The molecule has 0 saturated carbocycles. The summed E-state index contributed by atoms with van der Waals surface area (Å²) in [6, 6.07) is 8.28. The van der Waals surface area contributed by atoms with E-state index in [0.717, 1.165) is 12.2 Å². The van der Waals surface area contributed by atoms with Gasteiger partial charge >= 0.3 is 0 Å². The van der Waals surface area contributed by atoms with Crippen LogP contribution in [0.5, 0.6) is 0 Å². The molecule has 2 rings (SSSR count). The Morgan fingerprint density at radius 3 is 2.75 bits per heavy atom. The fourth-order valence-corrected chi connectivity index (χ4v) is 2.66. The summed E-state index contributed by atoms with van der Waals surface area (Å²) in [5.41, 5.74) is 1.69. The molecular formula is C13H15ClN2. The largest absolute Gasteiger partial charge is 0.367 e. The molecule has 1 aliphatic heterocycles. The van der Waals surface area contributed by atoms with Crippen LogP contribution in [0.1, 0.15) is 25.8 Å². The molecule has 2 unspecified atom stereocenters. The van der Waals surface area contributed by atoms with Crippen molar-refractivity contribution in [1.82, 2.24) is 0 Å². The number of nitriles is 1. The average Bonchev–Trinajstić information content (AvgIpc) is 2.57. The van der Waals surface area contributed by atoms with Gasteiger partial charge in [-0.25, -0.2) is 0 Å². The minimum absolute atomic E-state index is 0.503. The normalized spacial score (nSPS) is 24.5. The van der Waals surface area contributed by atoms with Gasteiger partial charge in [-0.05, 0) is 37.5 Å². The Morgan fingerprint density at radius 2 is 2.19 bits per heavy atom. The monoisotopic (exact) mass is 234 g/mol. The van der Waals surface area contributed by atoms with Crippen molar-refractivity contribution in [2.45, 2.75) is 26.3 Å². The molecule has 0 amide bonds. The molecule has 2 atom stereocenters. The zero-order valence-electron chi connectivity index (χ0n) is 9.57. The number of nitrogens with zero attached hydrogens (tertiary/aromatic N) is 2. The van der Waals surface area contributed by atoms with Crippen molar-refractivity contribution >= 4 is 17.3 Å². The van der Waals surface area contributed by atoms with Gasteiger partial charge in [-0.3, -0.25) is 0 Å². The van der Waals surface area contributed by atoms with Crippen molar-refractivity contribution in [3.8, 4) is 6.07 Å². The van der Waals surface area contributed by atoms with Gasteiger partial charge in [-0.1, -0.05) is 18.5 Å². The fraction of sp³-hybridized carbons (Fsp3) is 0.462. The number of anilines is 1. The Balaban J connectivity index is 2.37. The zero-order valence-corrected chi connectivity index (χ0v) is 10.3. The third kappa shape index (κ3) is 2.01. The number of rotatable bonds is 1. The minimum atomic E-state index is 0.503. The zero-order chi connectivity index (χ0) is 11.7. The minimum Gasteiger partial charge on any atom is -0.367 e. The molecule has 1 heterocycles. The van der Waals surface area contributed by atoms with E-state index in [4.69, 9.17) is 16.9 Å². The molecule has 0 aromatic heterocycles. The van der Waals surface area contributed by atoms with Crippen molar-refractivity contribution in [2.24, 2.45) is 5.92 Å². The maximum atomic E-state index is 9.12. The topological polar surface area (TPSA) is 27.0 Å². The van der Waals surface area contributed by atoms with Crippen LogP contribution in [-0.4, -0.2) is 12.6 Å². The highest BCUT2D eigenvalue weighted by Gasteiger charge is 2.27. The summed E-state index contributed by atoms with van der Waals surface area (Å²) in [6.45, 7) is 5.48. The first-order valence-corrected chi connectivity index (χ1v) is 5.96. The van der Waals surface area contributed by atoms with Crippen LogP contribution in [0.15, 0.2) is 18.2 Å². The molecule has 1 fully saturated rings. The smallest absolute Gasteiger partial charge is 0.101 e. The van der Waals surface area contributed by atoms with Crippen LogP contribution >= 0.6 is 11.6 Å². The van der Waals surface area contributed by atoms with E-state index in [-0.39, 0.29) is 0 Å². The molecule has 0 spiro atoms. The lowest BCUT2D eigenvalue weighted by Crippen LogP contribution is -2.27. The van der Waals surface area contributed by atoms with Crippen LogP contribution in [-0.2, 0) is 0 Å². The molecule has 3 heteroatoms. The van der Waals surface area contributed by atoms with Crippen LogP contribution in [0.4, 0.5) is 5.69 Å². The van der Waals surface area contributed by atoms with E-state index >= 15 is 0 Å². The molecule has 2 nitrogen and oxygen atoms in total. The van der Waals surface area contributed by atoms with Gasteiger partial charge in [0.05, 0.1) is 11.3 Å². The van der Waals surface area contributed by atoms with Gasteiger partial charge in [-0.2, -0.15) is 5.26 Å². The second-order valence-corrected chi connectivity index (χ2v) is 5.05. The van der Waals surface area contributed by atoms with Crippen molar-refractivity contribution in [3.63, 3.8) is 0 Å². The molecule has 1 aromatic rings. The second-order valence-electron chi connectivity index (χ2n) is 4.62. The molecule has 1 saturated heterocycles. The first kappa shape index (κ1) is 11.3. The molecule has 0 N–H and O–H groups in total. The van der Waals surface area contributed by atoms with E-state index in [0.29, 0.717) is 22.5 Å². The molecular weight excluding hydrogens is 220 g/mol. The van der Waals surface area contributed by atoms with Crippen molar-refractivity contribution in [2.75, 3.05) is 11.4 Å². The standard InChI is InChI=1S/C13H15ClN2/c1-9-5-10(2)16(8-9)13-4-3-12(14)6-11(13)7-15/h3-4,6,9-10H,5,8H2,1-2H3. The predicted molar refractivity (Wildman–Crippen MR) is 66.8 cm³/mol. The van der Waals surface area contributed by atoms with Crippen LogP contribution in [0.2, 0.25) is 5.02 Å². The molecule has 0 bridgehead atoms. The van der Waals surface area contributed by atoms with Gasteiger partial charge < -0.3 is 4.90 Å². The lowest BCUT2D eigenvalue weighted by atomic mass is 10.1. The highest BCUT2D eigenvalue weighted by Crippen LogP contribution is 2.32. The molecule has 0 aliphatic carbocycles. The summed E-state index contributed by atoms with van der Waals surface area (Å²) in [5.74, 6) is 0.692.